The van der Waals surface area contributed by atoms with Crippen molar-refractivity contribution in [1.82, 2.24) is 20.3 Å². The maximum Gasteiger partial charge on any atom is 0.326 e. The van der Waals surface area contributed by atoms with Crippen LogP contribution in [-0.2, 0) is 11.2 Å². The van der Waals surface area contributed by atoms with Crippen LogP contribution in [0.15, 0.2) is 29.5 Å². The summed E-state index contributed by atoms with van der Waals surface area (Å²) in [7, 11) is 0. The lowest BCUT2D eigenvalue weighted by Gasteiger charge is -2.13. The Bertz CT molecular complexity index is 705. The normalized spacial score (nSPS) is 11.9. The van der Waals surface area contributed by atoms with Crippen LogP contribution in [0.25, 0.3) is 0 Å². The highest BCUT2D eigenvalue weighted by Crippen LogP contribution is 2.01. The lowest BCUT2D eigenvalue weighted by molar-refractivity contribution is -0.139. The number of carbonyl (C=O) groups is 2. The number of nitrogens with one attached hydrogen (secondary N) is 3. The van der Waals surface area contributed by atoms with E-state index in [0.29, 0.717) is 11.4 Å². The van der Waals surface area contributed by atoms with Crippen LogP contribution in [0.5, 0.6) is 0 Å². The summed E-state index contributed by atoms with van der Waals surface area (Å²) < 4.78 is 0. The molecule has 0 aliphatic rings. The molecular formula is C13H14N4O4. The molecular weight excluding hydrogens is 276 g/mol. The van der Waals surface area contributed by atoms with Crippen molar-refractivity contribution in [2.45, 2.75) is 19.4 Å². The van der Waals surface area contributed by atoms with Crippen LogP contribution in [0.2, 0.25) is 0 Å². The van der Waals surface area contributed by atoms with Crippen molar-refractivity contribution >= 4 is 11.9 Å². The van der Waals surface area contributed by atoms with Gasteiger partial charge in [0.1, 0.15) is 11.6 Å². The summed E-state index contributed by atoms with van der Waals surface area (Å²) in [5.41, 5.74) is 0.499. The summed E-state index contributed by atoms with van der Waals surface area (Å²) in [6.45, 7) is 1.68. The third-order valence-electron chi connectivity index (χ3n) is 2.88. The van der Waals surface area contributed by atoms with Gasteiger partial charge < -0.3 is 20.4 Å². The van der Waals surface area contributed by atoms with E-state index in [2.05, 4.69) is 20.3 Å². The predicted molar refractivity (Wildman–Crippen MR) is 73.0 cm³/mol. The number of hydrogen-bond donors (Lipinski definition) is 4. The second-order valence-electron chi connectivity index (χ2n) is 4.53. The topological polar surface area (TPSA) is 128 Å². The molecule has 0 spiro atoms. The molecule has 0 aliphatic heterocycles. The molecule has 0 saturated heterocycles. The first-order valence-corrected chi connectivity index (χ1v) is 6.18. The molecule has 2 aromatic rings. The number of nitrogens with zero attached hydrogens (tertiary/aromatic N) is 1. The first kappa shape index (κ1) is 14.5. The lowest BCUT2D eigenvalue weighted by Crippen LogP contribution is -2.44. The summed E-state index contributed by atoms with van der Waals surface area (Å²) in [6, 6.07) is 1.78. The molecule has 2 aromatic heterocycles. The Kier molecular flexibility index (Phi) is 4.17. The fourth-order valence-electron chi connectivity index (χ4n) is 1.80. The average molecular weight is 290 g/mol. The largest absolute Gasteiger partial charge is 0.480 e. The van der Waals surface area contributed by atoms with Gasteiger partial charge >= 0.3 is 5.97 Å². The molecule has 0 bridgehead atoms. The molecule has 8 heteroatoms. The van der Waals surface area contributed by atoms with E-state index in [-0.39, 0.29) is 12.0 Å². The molecule has 2 rings (SSSR count). The highest BCUT2D eigenvalue weighted by atomic mass is 16.4. The van der Waals surface area contributed by atoms with Gasteiger partial charge in [0.2, 0.25) is 0 Å². The molecule has 0 aromatic carbocycles. The average Bonchev–Trinajstić information content (AvgIpc) is 2.90. The van der Waals surface area contributed by atoms with Crippen LogP contribution >= 0.6 is 0 Å². The van der Waals surface area contributed by atoms with Crippen molar-refractivity contribution in [3.05, 3.63) is 52.0 Å². The predicted octanol–water partition coefficient (Wildman–Crippen LogP) is -0.168. The smallest absolute Gasteiger partial charge is 0.326 e. The van der Waals surface area contributed by atoms with E-state index in [9.17, 15) is 14.4 Å². The monoisotopic (exact) mass is 290 g/mol. The number of carboxylic acid groups (broad SMARTS) is 1. The second kappa shape index (κ2) is 6.04. The number of carboxylic acids is 1. The number of aliphatic carboxylic acids is 1. The van der Waals surface area contributed by atoms with E-state index < -0.39 is 23.5 Å². The van der Waals surface area contributed by atoms with Crippen molar-refractivity contribution in [3.8, 4) is 0 Å². The van der Waals surface area contributed by atoms with Gasteiger partial charge in [0.15, 0.2) is 0 Å². The van der Waals surface area contributed by atoms with Gasteiger partial charge in [-0.05, 0) is 19.1 Å². The van der Waals surface area contributed by atoms with Gasteiger partial charge in [-0.3, -0.25) is 9.59 Å². The standard InChI is InChI=1S/C13H14N4O4/c1-7-2-3-9(11(18)16-7)12(19)17-10(13(20)21)4-8-5-14-6-15-8/h2-3,5-6,10H,4H2,1H3,(H,14,15)(H,16,18)(H,17,19)(H,20,21)/t10-/m1/s1. The molecule has 110 valence electrons. The Morgan fingerprint density at radius 1 is 1.43 bits per heavy atom. The summed E-state index contributed by atoms with van der Waals surface area (Å²) in [5.74, 6) is -1.93. The van der Waals surface area contributed by atoms with Crippen LogP contribution in [-0.4, -0.2) is 38.0 Å². The van der Waals surface area contributed by atoms with Gasteiger partial charge in [-0.1, -0.05) is 0 Å². The number of hydrogen-bond acceptors (Lipinski definition) is 4. The van der Waals surface area contributed by atoms with Crippen molar-refractivity contribution < 1.29 is 14.7 Å². The van der Waals surface area contributed by atoms with Crippen molar-refractivity contribution in [2.75, 3.05) is 0 Å². The fourth-order valence-corrected chi connectivity index (χ4v) is 1.80. The highest BCUT2D eigenvalue weighted by molar-refractivity contribution is 5.96. The second-order valence-corrected chi connectivity index (χ2v) is 4.53. The molecule has 0 fully saturated rings. The molecule has 2 heterocycles. The van der Waals surface area contributed by atoms with E-state index in [1.807, 2.05) is 0 Å². The third kappa shape index (κ3) is 3.56. The first-order chi connectivity index (χ1) is 9.97. The minimum Gasteiger partial charge on any atom is -0.480 e. The molecule has 4 N–H and O–H groups in total. The van der Waals surface area contributed by atoms with Gasteiger partial charge in [0.25, 0.3) is 11.5 Å². The molecule has 0 unspecified atom stereocenters. The quantitative estimate of drug-likeness (QED) is 0.608. The summed E-state index contributed by atoms with van der Waals surface area (Å²) in [4.78, 5) is 43.9. The number of H-pyrrole nitrogens is 2. The number of imidazole rings is 1. The van der Waals surface area contributed by atoms with Crippen molar-refractivity contribution in [1.29, 1.82) is 0 Å². The number of carbonyl (C=O) groups excluding carboxylic acids is 1. The fraction of sp³-hybridized carbons (Fsp3) is 0.231. The van der Waals surface area contributed by atoms with Crippen molar-refractivity contribution in [3.63, 3.8) is 0 Å². The van der Waals surface area contributed by atoms with Gasteiger partial charge in [-0.25, -0.2) is 9.78 Å². The Labute approximate surface area is 119 Å². The van der Waals surface area contributed by atoms with Crippen LogP contribution in [0.3, 0.4) is 0 Å². The van der Waals surface area contributed by atoms with Crippen LogP contribution < -0.4 is 10.9 Å². The Morgan fingerprint density at radius 2 is 2.19 bits per heavy atom. The van der Waals surface area contributed by atoms with Gasteiger partial charge in [-0.2, -0.15) is 0 Å². The van der Waals surface area contributed by atoms with E-state index in [1.165, 1.54) is 18.6 Å². The molecule has 1 atom stereocenters. The van der Waals surface area contributed by atoms with Crippen molar-refractivity contribution in [2.24, 2.45) is 0 Å². The molecule has 0 saturated carbocycles. The zero-order chi connectivity index (χ0) is 15.4. The first-order valence-electron chi connectivity index (χ1n) is 6.18. The van der Waals surface area contributed by atoms with Crippen LogP contribution in [0.1, 0.15) is 21.7 Å². The summed E-state index contributed by atoms with van der Waals surface area (Å²) in [5, 5.41) is 11.5. The summed E-state index contributed by atoms with van der Waals surface area (Å²) in [6.07, 6.45) is 2.94. The molecule has 8 nitrogen and oxygen atoms in total. The molecule has 21 heavy (non-hydrogen) atoms. The number of pyridine rings is 1. The molecule has 1 amide bonds. The zero-order valence-corrected chi connectivity index (χ0v) is 11.2. The maximum absolute atomic E-state index is 12.0. The van der Waals surface area contributed by atoms with E-state index in [1.54, 1.807) is 13.0 Å². The highest BCUT2D eigenvalue weighted by Gasteiger charge is 2.22. The SMILES string of the molecule is Cc1ccc(C(=O)N[C@H](Cc2cnc[nH]2)C(=O)O)c(=O)[nH]1. The van der Waals surface area contributed by atoms with E-state index >= 15 is 0 Å². The number of rotatable bonds is 5. The number of aryl methyl sites for hydroxylation is 1. The Morgan fingerprint density at radius 3 is 2.76 bits per heavy atom. The number of amides is 1. The Balaban J connectivity index is 2.14. The number of aromatic amines is 2. The number of aromatic nitrogens is 3. The lowest BCUT2D eigenvalue weighted by atomic mass is 10.1. The maximum atomic E-state index is 12.0. The van der Waals surface area contributed by atoms with Gasteiger partial charge in [0, 0.05) is 24.0 Å². The third-order valence-corrected chi connectivity index (χ3v) is 2.88. The van der Waals surface area contributed by atoms with Gasteiger partial charge in [0.05, 0.1) is 6.33 Å². The van der Waals surface area contributed by atoms with Crippen LogP contribution in [0, 0.1) is 6.92 Å². The zero-order valence-electron chi connectivity index (χ0n) is 11.2. The summed E-state index contributed by atoms with van der Waals surface area (Å²) >= 11 is 0. The van der Waals surface area contributed by atoms with E-state index in [4.69, 9.17) is 5.11 Å². The molecule has 0 radical (unpaired) electrons. The minimum absolute atomic E-state index is 0.0465. The van der Waals surface area contributed by atoms with Gasteiger partial charge in [-0.15, -0.1) is 0 Å². The van der Waals surface area contributed by atoms with E-state index in [0.717, 1.165) is 0 Å². The Hall–Kier alpha value is -2.90. The van der Waals surface area contributed by atoms with Crippen LogP contribution in [0.4, 0.5) is 0 Å². The molecule has 0 aliphatic carbocycles. The minimum atomic E-state index is -1.19.